The minimum Gasteiger partial charge on any atom is -0.250 e. The first kappa shape index (κ1) is 13.2. The van der Waals surface area contributed by atoms with Crippen molar-refractivity contribution in [1.29, 1.82) is 0 Å². The van der Waals surface area contributed by atoms with Gasteiger partial charge in [-0.1, -0.05) is 41.9 Å². The number of aromatic amines is 1. The average molecular weight is 325 g/mol. The van der Waals surface area contributed by atoms with E-state index in [1.807, 2.05) is 24.3 Å². The molecule has 0 amide bonds. The number of halogens is 1. The average Bonchev–Trinajstić information content (AvgIpc) is 2.70. The maximum Gasteiger partial charge on any atom is 0.216 e. The summed E-state index contributed by atoms with van der Waals surface area (Å²) in [6.07, 6.45) is 1.77. The molecule has 0 bridgehead atoms. The van der Waals surface area contributed by atoms with Gasteiger partial charge in [-0.3, -0.25) is 5.10 Å². The molecule has 1 aromatic carbocycles. The van der Waals surface area contributed by atoms with Gasteiger partial charge in [0.05, 0.1) is 6.21 Å². The first-order chi connectivity index (χ1) is 8.58. The third kappa shape index (κ3) is 2.94. The number of nitrogens with one attached hydrogen (secondary N) is 1. The van der Waals surface area contributed by atoms with Crippen LogP contribution in [0.5, 0.6) is 0 Å². The first-order valence-corrected chi connectivity index (χ1v) is 6.75. The van der Waals surface area contributed by atoms with Crippen molar-refractivity contribution >= 4 is 34.4 Å². The van der Waals surface area contributed by atoms with Crippen LogP contribution in [0.25, 0.3) is 0 Å². The molecule has 0 spiro atoms. The number of benzene rings is 1. The standard InChI is InChI=1S/C12H13BrN4S/c1-8(2)11-15-16-12(18)17(11)14-7-9-3-5-10(13)6-4-9/h3-8H,1-2H3,(H,16,18)/b14-7-. The molecule has 94 valence electrons. The molecule has 1 heterocycles. The van der Waals surface area contributed by atoms with E-state index in [0.717, 1.165) is 15.9 Å². The van der Waals surface area contributed by atoms with Gasteiger partial charge in [0, 0.05) is 10.4 Å². The molecular formula is C12H13BrN4S. The molecule has 18 heavy (non-hydrogen) atoms. The number of aromatic nitrogens is 3. The van der Waals surface area contributed by atoms with E-state index in [1.165, 1.54) is 0 Å². The third-order valence-corrected chi connectivity index (χ3v) is 3.18. The topological polar surface area (TPSA) is 46.0 Å². The van der Waals surface area contributed by atoms with Gasteiger partial charge in [-0.15, -0.1) is 0 Å². The van der Waals surface area contributed by atoms with E-state index in [4.69, 9.17) is 12.2 Å². The molecule has 6 heteroatoms. The maximum absolute atomic E-state index is 5.15. The largest absolute Gasteiger partial charge is 0.250 e. The first-order valence-electron chi connectivity index (χ1n) is 5.55. The van der Waals surface area contributed by atoms with Gasteiger partial charge in [-0.2, -0.15) is 14.9 Å². The van der Waals surface area contributed by atoms with Crippen molar-refractivity contribution in [2.45, 2.75) is 19.8 Å². The second-order valence-electron chi connectivity index (χ2n) is 4.15. The van der Waals surface area contributed by atoms with Gasteiger partial charge in [0.25, 0.3) is 0 Å². The van der Waals surface area contributed by atoms with E-state index in [2.05, 4.69) is 45.1 Å². The number of nitrogens with zero attached hydrogens (tertiary/aromatic N) is 3. The molecular weight excluding hydrogens is 312 g/mol. The molecule has 4 nitrogen and oxygen atoms in total. The van der Waals surface area contributed by atoms with Crippen molar-refractivity contribution in [3.8, 4) is 0 Å². The minimum absolute atomic E-state index is 0.264. The van der Waals surface area contributed by atoms with E-state index >= 15 is 0 Å². The maximum atomic E-state index is 5.15. The van der Waals surface area contributed by atoms with Gasteiger partial charge >= 0.3 is 0 Å². The van der Waals surface area contributed by atoms with Crippen LogP contribution in [0.15, 0.2) is 33.8 Å². The Kier molecular flexibility index (Phi) is 4.08. The van der Waals surface area contributed by atoms with Crippen LogP contribution < -0.4 is 0 Å². The van der Waals surface area contributed by atoms with E-state index in [-0.39, 0.29) is 5.92 Å². The molecule has 0 atom stereocenters. The molecule has 1 N–H and O–H groups in total. The zero-order chi connectivity index (χ0) is 13.1. The smallest absolute Gasteiger partial charge is 0.216 e. The van der Waals surface area contributed by atoms with Crippen LogP contribution >= 0.6 is 28.1 Å². The molecule has 0 fully saturated rings. The van der Waals surface area contributed by atoms with Crippen molar-refractivity contribution in [3.63, 3.8) is 0 Å². The number of hydrogen-bond acceptors (Lipinski definition) is 3. The summed E-state index contributed by atoms with van der Waals surface area (Å²) in [7, 11) is 0. The Balaban J connectivity index is 2.31. The molecule has 2 rings (SSSR count). The Morgan fingerprint density at radius 1 is 1.39 bits per heavy atom. The highest BCUT2D eigenvalue weighted by Gasteiger charge is 2.08. The number of hydrogen-bond donors (Lipinski definition) is 1. The summed E-state index contributed by atoms with van der Waals surface area (Å²) in [5.41, 5.74) is 1.01. The van der Waals surface area contributed by atoms with E-state index in [9.17, 15) is 0 Å². The van der Waals surface area contributed by atoms with Crippen LogP contribution in [0, 0.1) is 4.77 Å². The Hall–Kier alpha value is -1.27. The molecule has 0 aliphatic heterocycles. The fourth-order valence-electron chi connectivity index (χ4n) is 1.46. The number of H-pyrrole nitrogens is 1. The van der Waals surface area contributed by atoms with Gasteiger partial charge in [-0.25, -0.2) is 0 Å². The summed E-state index contributed by atoms with van der Waals surface area (Å²) in [5, 5.41) is 11.3. The second-order valence-corrected chi connectivity index (χ2v) is 5.45. The Morgan fingerprint density at radius 3 is 2.67 bits per heavy atom. The van der Waals surface area contributed by atoms with Crippen molar-refractivity contribution < 1.29 is 0 Å². The SMILES string of the molecule is CC(C)c1n[nH]c(=S)n1/N=C\c1ccc(Br)cc1. The highest BCUT2D eigenvalue weighted by atomic mass is 79.9. The lowest BCUT2D eigenvalue weighted by Crippen LogP contribution is -2.00. The summed E-state index contributed by atoms with van der Waals surface area (Å²) in [4.78, 5) is 0. The van der Waals surface area contributed by atoms with Gasteiger partial charge in [0.1, 0.15) is 0 Å². The predicted octanol–water partition coefficient (Wildman–Crippen LogP) is 3.71. The van der Waals surface area contributed by atoms with Crippen LogP contribution in [-0.2, 0) is 0 Å². The third-order valence-electron chi connectivity index (χ3n) is 2.38. The van der Waals surface area contributed by atoms with E-state index in [0.29, 0.717) is 4.77 Å². The lowest BCUT2D eigenvalue weighted by atomic mass is 10.2. The summed E-state index contributed by atoms with van der Waals surface area (Å²) in [6, 6.07) is 7.90. The molecule has 2 aromatic rings. The van der Waals surface area contributed by atoms with Crippen LogP contribution in [0.4, 0.5) is 0 Å². The van der Waals surface area contributed by atoms with Crippen molar-refractivity contribution in [3.05, 3.63) is 44.9 Å². The van der Waals surface area contributed by atoms with Crippen LogP contribution in [0.3, 0.4) is 0 Å². The fraction of sp³-hybridized carbons (Fsp3) is 0.250. The summed E-state index contributed by atoms with van der Waals surface area (Å²) < 4.78 is 3.21. The quantitative estimate of drug-likeness (QED) is 0.691. The van der Waals surface area contributed by atoms with Crippen molar-refractivity contribution in [2.24, 2.45) is 5.10 Å². The Bertz CT molecular complexity index is 610. The predicted molar refractivity (Wildman–Crippen MR) is 78.6 cm³/mol. The van der Waals surface area contributed by atoms with Crippen LogP contribution in [0.1, 0.15) is 31.2 Å². The van der Waals surface area contributed by atoms with Gasteiger partial charge < -0.3 is 0 Å². The minimum atomic E-state index is 0.264. The van der Waals surface area contributed by atoms with E-state index < -0.39 is 0 Å². The lowest BCUT2D eigenvalue weighted by molar-refractivity contribution is 0.695. The van der Waals surface area contributed by atoms with Crippen molar-refractivity contribution in [1.82, 2.24) is 14.9 Å². The second kappa shape index (κ2) is 5.58. The fourth-order valence-corrected chi connectivity index (χ4v) is 1.91. The molecule has 0 saturated carbocycles. The molecule has 0 radical (unpaired) electrons. The lowest BCUT2D eigenvalue weighted by Gasteiger charge is -2.02. The summed E-state index contributed by atoms with van der Waals surface area (Å²) in [6.45, 7) is 4.10. The Labute approximate surface area is 119 Å². The number of rotatable bonds is 3. The highest BCUT2D eigenvalue weighted by molar-refractivity contribution is 9.10. The monoisotopic (exact) mass is 324 g/mol. The van der Waals surface area contributed by atoms with Crippen molar-refractivity contribution in [2.75, 3.05) is 0 Å². The van der Waals surface area contributed by atoms with E-state index in [1.54, 1.807) is 10.9 Å². The molecule has 0 unspecified atom stereocenters. The van der Waals surface area contributed by atoms with Crippen LogP contribution in [0.2, 0.25) is 0 Å². The molecule has 0 aliphatic rings. The molecule has 0 saturated heterocycles. The molecule has 1 aromatic heterocycles. The highest BCUT2D eigenvalue weighted by Crippen LogP contribution is 2.12. The van der Waals surface area contributed by atoms with Gasteiger partial charge in [-0.05, 0) is 29.9 Å². The van der Waals surface area contributed by atoms with Gasteiger partial charge in [0.15, 0.2) is 5.82 Å². The van der Waals surface area contributed by atoms with Crippen LogP contribution in [-0.4, -0.2) is 21.1 Å². The zero-order valence-corrected chi connectivity index (χ0v) is 12.5. The zero-order valence-electron chi connectivity index (χ0n) is 10.1. The summed E-state index contributed by atoms with van der Waals surface area (Å²) >= 11 is 8.55. The van der Waals surface area contributed by atoms with Gasteiger partial charge in [0.2, 0.25) is 4.77 Å². The molecule has 0 aliphatic carbocycles. The normalized spacial score (nSPS) is 11.6. The Morgan fingerprint density at radius 2 is 2.06 bits per heavy atom. The summed E-state index contributed by atoms with van der Waals surface area (Å²) in [5.74, 6) is 1.09.